The highest BCUT2D eigenvalue weighted by Crippen LogP contribution is 2.17. The van der Waals surface area contributed by atoms with Crippen LogP contribution < -0.4 is 5.32 Å². The average molecular weight is 315 g/mol. The summed E-state index contributed by atoms with van der Waals surface area (Å²) in [6, 6.07) is 14.6. The maximum atomic E-state index is 11.9. The van der Waals surface area contributed by atoms with Crippen molar-refractivity contribution in [2.24, 2.45) is 0 Å². The van der Waals surface area contributed by atoms with Crippen LogP contribution in [0.15, 0.2) is 53.4 Å². The second-order valence-corrected chi connectivity index (χ2v) is 5.55. The van der Waals surface area contributed by atoms with Gasteiger partial charge in [0.05, 0.1) is 5.56 Å². The van der Waals surface area contributed by atoms with Crippen molar-refractivity contribution in [3.63, 3.8) is 0 Å². The van der Waals surface area contributed by atoms with Gasteiger partial charge in [-0.15, -0.1) is 11.8 Å². The fourth-order valence-corrected chi connectivity index (χ4v) is 2.29. The number of ether oxygens (including phenoxy) is 1. The average Bonchev–Trinajstić information content (AvgIpc) is 2.54. The van der Waals surface area contributed by atoms with E-state index in [2.05, 4.69) is 5.32 Å². The molecule has 0 radical (unpaired) electrons. The zero-order valence-electron chi connectivity index (χ0n) is 12.5. The fraction of sp³-hybridized carbons (Fsp3) is 0.176. The molecule has 0 aliphatic carbocycles. The van der Waals surface area contributed by atoms with Crippen LogP contribution in [0.1, 0.15) is 15.9 Å². The summed E-state index contributed by atoms with van der Waals surface area (Å²) in [5, 5.41) is 2.69. The molecule has 114 valence electrons. The summed E-state index contributed by atoms with van der Waals surface area (Å²) in [6.45, 7) is 1.52. The minimum absolute atomic E-state index is 0.308. The molecule has 0 spiro atoms. The number of carbonyl (C=O) groups excluding carboxylic acids is 2. The molecule has 2 aromatic carbocycles. The van der Waals surface area contributed by atoms with E-state index in [1.165, 1.54) is 0 Å². The molecule has 0 fully saturated rings. The van der Waals surface area contributed by atoms with Gasteiger partial charge in [-0.05, 0) is 49.1 Å². The lowest BCUT2D eigenvalue weighted by atomic mass is 10.1. The molecule has 1 amide bonds. The number of amides is 1. The van der Waals surface area contributed by atoms with Gasteiger partial charge in [-0.2, -0.15) is 0 Å². The van der Waals surface area contributed by atoms with Crippen LogP contribution in [0.5, 0.6) is 0 Å². The third-order valence-electron chi connectivity index (χ3n) is 3.07. The number of anilines is 1. The molecule has 0 atom stereocenters. The van der Waals surface area contributed by atoms with E-state index in [9.17, 15) is 9.59 Å². The molecule has 0 aliphatic rings. The van der Waals surface area contributed by atoms with Gasteiger partial charge in [0.2, 0.25) is 0 Å². The smallest absolute Gasteiger partial charge is 0.338 e. The van der Waals surface area contributed by atoms with Crippen molar-refractivity contribution in [1.29, 1.82) is 0 Å². The fourth-order valence-electron chi connectivity index (χ4n) is 1.88. The van der Waals surface area contributed by atoms with Crippen LogP contribution in [0.2, 0.25) is 0 Å². The zero-order valence-corrected chi connectivity index (χ0v) is 13.3. The van der Waals surface area contributed by atoms with Crippen molar-refractivity contribution in [2.75, 3.05) is 18.2 Å². The quantitative estimate of drug-likeness (QED) is 0.677. The Kier molecular flexibility index (Phi) is 5.61. The molecule has 5 heteroatoms. The SMILES string of the molecule is CSc1ccc(NC(=O)COC(=O)c2ccccc2C)cc1. The normalized spacial score (nSPS) is 10.1. The largest absolute Gasteiger partial charge is 0.452 e. The first-order valence-electron chi connectivity index (χ1n) is 6.77. The highest BCUT2D eigenvalue weighted by atomic mass is 32.2. The number of thioether (sulfide) groups is 1. The Balaban J connectivity index is 1.87. The minimum atomic E-state index is -0.494. The molecule has 22 heavy (non-hydrogen) atoms. The predicted molar refractivity (Wildman–Crippen MR) is 88.3 cm³/mol. The summed E-state index contributed by atoms with van der Waals surface area (Å²) in [4.78, 5) is 24.8. The number of hydrogen-bond donors (Lipinski definition) is 1. The van der Waals surface area contributed by atoms with E-state index >= 15 is 0 Å². The van der Waals surface area contributed by atoms with Crippen LogP contribution >= 0.6 is 11.8 Å². The number of carbonyl (C=O) groups is 2. The first kappa shape index (κ1) is 16.1. The van der Waals surface area contributed by atoms with Crippen molar-refractivity contribution in [3.8, 4) is 0 Å². The Morgan fingerprint density at radius 2 is 1.77 bits per heavy atom. The van der Waals surface area contributed by atoms with Gasteiger partial charge in [0.15, 0.2) is 6.61 Å². The third-order valence-corrected chi connectivity index (χ3v) is 3.82. The van der Waals surface area contributed by atoms with Crippen LogP contribution in [-0.4, -0.2) is 24.7 Å². The maximum Gasteiger partial charge on any atom is 0.338 e. The van der Waals surface area contributed by atoms with Crippen molar-refractivity contribution >= 4 is 29.3 Å². The molecule has 2 aromatic rings. The zero-order chi connectivity index (χ0) is 15.9. The summed E-state index contributed by atoms with van der Waals surface area (Å²) < 4.78 is 5.03. The van der Waals surface area contributed by atoms with E-state index in [4.69, 9.17) is 4.74 Å². The van der Waals surface area contributed by atoms with Crippen LogP contribution in [0.4, 0.5) is 5.69 Å². The number of benzene rings is 2. The molecule has 1 N–H and O–H groups in total. The molecule has 0 bridgehead atoms. The first-order valence-corrected chi connectivity index (χ1v) is 7.99. The number of rotatable bonds is 5. The Morgan fingerprint density at radius 3 is 2.41 bits per heavy atom. The van der Waals surface area contributed by atoms with E-state index in [0.29, 0.717) is 11.3 Å². The van der Waals surface area contributed by atoms with E-state index in [1.807, 2.05) is 49.6 Å². The highest BCUT2D eigenvalue weighted by Gasteiger charge is 2.12. The lowest BCUT2D eigenvalue weighted by Gasteiger charge is -2.08. The van der Waals surface area contributed by atoms with Crippen molar-refractivity contribution in [2.45, 2.75) is 11.8 Å². The summed E-state index contributed by atoms with van der Waals surface area (Å²) in [5.41, 5.74) is 1.97. The van der Waals surface area contributed by atoms with Gasteiger partial charge in [-0.25, -0.2) is 4.79 Å². The van der Waals surface area contributed by atoms with E-state index < -0.39 is 5.97 Å². The van der Waals surface area contributed by atoms with Gasteiger partial charge in [-0.3, -0.25) is 4.79 Å². The van der Waals surface area contributed by atoms with Gasteiger partial charge in [0.25, 0.3) is 5.91 Å². The molecule has 0 unspecified atom stereocenters. The standard InChI is InChI=1S/C17H17NO3S/c1-12-5-3-4-6-15(12)17(20)21-11-16(19)18-13-7-9-14(22-2)10-8-13/h3-10H,11H2,1-2H3,(H,18,19). The number of aryl methyl sites for hydroxylation is 1. The number of hydrogen-bond acceptors (Lipinski definition) is 4. The number of nitrogens with one attached hydrogen (secondary N) is 1. The van der Waals surface area contributed by atoms with Gasteiger partial charge in [0.1, 0.15) is 0 Å². The predicted octanol–water partition coefficient (Wildman–Crippen LogP) is 3.51. The van der Waals surface area contributed by atoms with Gasteiger partial charge >= 0.3 is 5.97 Å². The Morgan fingerprint density at radius 1 is 1.09 bits per heavy atom. The molecule has 0 heterocycles. The molecule has 0 saturated carbocycles. The topological polar surface area (TPSA) is 55.4 Å². The van der Waals surface area contributed by atoms with E-state index in [-0.39, 0.29) is 12.5 Å². The molecule has 0 aliphatic heterocycles. The minimum Gasteiger partial charge on any atom is -0.452 e. The van der Waals surface area contributed by atoms with Gasteiger partial charge in [-0.1, -0.05) is 18.2 Å². The molecule has 4 nitrogen and oxygen atoms in total. The van der Waals surface area contributed by atoms with Crippen molar-refractivity contribution in [1.82, 2.24) is 0 Å². The molecule has 0 aromatic heterocycles. The van der Waals surface area contributed by atoms with Gasteiger partial charge < -0.3 is 10.1 Å². The monoisotopic (exact) mass is 315 g/mol. The van der Waals surface area contributed by atoms with E-state index in [0.717, 1.165) is 10.5 Å². The van der Waals surface area contributed by atoms with Gasteiger partial charge in [0, 0.05) is 10.6 Å². The Hall–Kier alpha value is -2.27. The summed E-state index contributed by atoms with van der Waals surface area (Å²) in [5.74, 6) is -0.857. The Bertz CT molecular complexity index is 668. The Labute approximate surface area is 133 Å². The molecular weight excluding hydrogens is 298 g/mol. The van der Waals surface area contributed by atoms with Crippen molar-refractivity contribution < 1.29 is 14.3 Å². The summed E-state index contributed by atoms with van der Waals surface area (Å²) in [6.07, 6.45) is 1.98. The second-order valence-electron chi connectivity index (χ2n) is 4.67. The van der Waals surface area contributed by atoms with Crippen LogP contribution in [0, 0.1) is 6.92 Å². The summed E-state index contributed by atoms with van der Waals surface area (Å²) >= 11 is 1.63. The lowest BCUT2D eigenvalue weighted by Crippen LogP contribution is -2.21. The van der Waals surface area contributed by atoms with E-state index in [1.54, 1.807) is 23.9 Å². The second kappa shape index (κ2) is 7.66. The third kappa shape index (κ3) is 4.36. The number of esters is 1. The van der Waals surface area contributed by atoms with Crippen LogP contribution in [0.25, 0.3) is 0 Å². The van der Waals surface area contributed by atoms with Crippen LogP contribution in [-0.2, 0) is 9.53 Å². The van der Waals surface area contributed by atoms with Crippen LogP contribution in [0.3, 0.4) is 0 Å². The first-order chi connectivity index (χ1) is 10.6. The molecule has 2 rings (SSSR count). The summed E-state index contributed by atoms with van der Waals surface area (Å²) in [7, 11) is 0. The van der Waals surface area contributed by atoms with Crippen molar-refractivity contribution in [3.05, 3.63) is 59.7 Å². The molecular formula is C17H17NO3S. The molecule has 0 saturated heterocycles. The highest BCUT2D eigenvalue weighted by molar-refractivity contribution is 7.98. The lowest BCUT2D eigenvalue weighted by molar-refractivity contribution is -0.119. The maximum absolute atomic E-state index is 11.9.